The van der Waals surface area contributed by atoms with Gasteiger partial charge in [-0.05, 0) is 52.2 Å². The lowest BCUT2D eigenvalue weighted by Gasteiger charge is -2.34. The van der Waals surface area contributed by atoms with E-state index in [-0.39, 0.29) is 12.1 Å². The van der Waals surface area contributed by atoms with Gasteiger partial charge in [0, 0.05) is 25.2 Å². The fourth-order valence-corrected chi connectivity index (χ4v) is 4.29. The van der Waals surface area contributed by atoms with Crippen LogP contribution in [-0.2, 0) is 4.74 Å². The number of hydrogen-bond donors (Lipinski definition) is 1. The number of likely N-dealkylation sites (tertiary alicyclic amines) is 1. The van der Waals surface area contributed by atoms with E-state index in [1.165, 1.54) is 11.3 Å². The number of thiophene rings is 1. The van der Waals surface area contributed by atoms with Crippen molar-refractivity contribution in [2.45, 2.75) is 58.2 Å². The monoisotopic (exact) mass is 378 g/mol. The number of carbonyl (C=O) groups is 1. The molecule has 1 atom stereocenters. The van der Waals surface area contributed by atoms with Crippen LogP contribution < -0.4 is 5.32 Å². The standard InChI is InChI=1S/C16H24Cl2N2O2S/c1-10(12-9-13(17)23-14(12)18)19-11-5-7-20(8-6-11)15(21)22-16(2,3)4/h9-11,19H,5-8H2,1-4H3. The highest BCUT2D eigenvalue weighted by molar-refractivity contribution is 7.20. The van der Waals surface area contributed by atoms with E-state index < -0.39 is 5.60 Å². The summed E-state index contributed by atoms with van der Waals surface area (Å²) in [5.74, 6) is 0. The Morgan fingerprint density at radius 2 is 2.00 bits per heavy atom. The third-order valence-corrected chi connectivity index (χ3v) is 5.30. The fraction of sp³-hybridized carbons (Fsp3) is 0.688. The minimum absolute atomic E-state index is 0.143. The van der Waals surface area contributed by atoms with Gasteiger partial charge in [-0.15, -0.1) is 11.3 Å². The molecule has 1 aromatic rings. The van der Waals surface area contributed by atoms with Crippen LogP contribution in [0.1, 0.15) is 52.1 Å². The number of piperidine rings is 1. The van der Waals surface area contributed by atoms with Gasteiger partial charge in [-0.25, -0.2) is 4.79 Å². The number of nitrogens with zero attached hydrogens (tertiary/aromatic N) is 1. The maximum atomic E-state index is 12.1. The summed E-state index contributed by atoms with van der Waals surface area (Å²) in [6, 6.07) is 2.42. The molecule has 2 heterocycles. The van der Waals surface area contributed by atoms with Gasteiger partial charge < -0.3 is 15.0 Å². The van der Waals surface area contributed by atoms with Crippen LogP contribution in [-0.4, -0.2) is 35.7 Å². The Balaban J connectivity index is 1.83. The first kappa shape index (κ1) is 18.8. The van der Waals surface area contributed by atoms with E-state index in [2.05, 4.69) is 12.2 Å². The molecule has 0 radical (unpaired) electrons. The maximum absolute atomic E-state index is 12.1. The minimum Gasteiger partial charge on any atom is -0.444 e. The second-order valence-corrected chi connectivity index (χ2v) is 9.20. The van der Waals surface area contributed by atoms with Crippen molar-refractivity contribution in [3.63, 3.8) is 0 Å². The van der Waals surface area contributed by atoms with Gasteiger partial charge in [0.15, 0.2) is 0 Å². The summed E-state index contributed by atoms with van der Waals surface area (Å²) in [7, 11) is 0. The molecule has 23 heavy (non-hydrogen) atoms. The predicted molar refractivity (Wildman–Crippen MR) is 96.7 cm³/mol. The zero-order valence-electron chi connectivity index (χ0n) is 14.0. The number of hydrogen-bond acceptors (Lipinski definition) is 4. The first-order valence-electron chi connectivity index (χ1n) is 7.84. The van der Waals surface area contributed by atoms with E-state index in [1.807, 2.05) is 26.8 Å². The van der Waals surface area contributed by atoms with Gasteiger partial charge in [0.1, 0.15) is 5.60 Å². The number of halogens is 2. The number of rotatable bonds is 3. The van der Waals surface area contributed by atoms with Crippen molar-refractivity contribution in [2.24, 2.45) is 0 Å². The van der Waals surface area contributed by atoms with Gasteiger partial charge in [-0.3, -0.25) is 0 Å². The summed E-state index contributed by atoms with van der Waals surface area (Å²) in [5.41, 5.74) is 0.589. The molecule has 1 fully saturated rings. The zero-order valence-corrected chi connectivity index (χ0v) is 16.3. The molecule has 2 rings (SSSR count). The Bertz CT molecular complexity index is 549. The van der Waals surface area contributed by atoms with Crippen LogP contribution in [0.5, 0.6) is 0 Å². The number of amides is 1. The van der Waals surface area contributed by atoms with E-state index in [0.29, 0.717) is 23.5 Å². The molecule has 1 N–H and O–H groups in total. The molecule has 0 bridgehead atoms. The summed E-state index contributed by atoms with van der Waals surface area (Å²) >= 11 is 13.6. The second-order valence-electron chi connectivity index (χ2n) is 6.91. The largest absolute Gasteiger partial charge is 0.444 e. The Morgan fingerprint density at radius 1 is 1.39 bits per heavy atom. The summed E-state index contributed by atoms with van der Waals surface area (Å²) in [5, 5.41) is 3.58. The lowest BCUT2D eigenvalue weighted by Crippen LogP contribution is -2.46. The van der Waals surface area contributed by atoms with Crippen LogP contribution in [0, 0.1) is 0 Å². The van der Waals surface area contributed by atoms with Crippen LogP contribution >= 0.6 is 34.5 Å². The normalized spacial score (nSPS) is 18.1. The highest BCUT2D eigenvalue weighted by Crippen LogP contribution is 2.35. The van der Waals surface area contributed by atoms with Crippen molar-refractivity contribution in [2.75, 3.05) is 13.1 Å². The van der Waals surface area contributed by atoms with Crippen LogP contribution in [0.3, 0.4) is 0 Å². The third-order valence-electron chi connectivity index (χ3n) is 3.78. The van der Waals surface area contributed by atoms with Crippen LogP contribution in [0.15, 0.2) is 6.07 Å². The molecule has 7 heteroatoms. The molecule has 1 amide bonds. The Hall–Kier alpha value is -0.490. The van der Waals surface area contributed by atoms with Gasteiger partial charge in [-0.2, -0.15) is 0 Å². The zero-order chi connectivity index (χ0) is 17.2. The number of ether oxygens (including phenoxy) is 1. The second kappa shape index (κ2) is 7.60. The first-order chi connectivity index (χ1) is 10.7. The van der Waals surface area contributed by atoms with Crippen molar-refractivity contribution >= 4 is 40.6 Å². The summed E-state index contributed by atoms with van der Waals surface area (Å²) in [6.45, 7) is 9.16. The lowest BCUT2D eigenvalue weighted by molar-refractivity contribution is 0.0196. The molecular weight excluding hydrogens is 355 g/mol. The number of carbonyl (C=O) groups excluding carboxylic acids is 1. The van der Waals surface area contributed by atoms with Crippen molar-refractivity contribution in [1.82, 2.24) is 10.2 Å². The summed E-state index contributed by atoms with van der Waals surface area (Å²) in [4.78, 5) is 13.8. The molecule has 0 aliphatic carbocycles. The van der Waals surface area contributed by atoms with Gasteiger partial charge in [0.05, 0.1) is 8.67 Å². The van der Waals surface area contributed by atoms with E-state index in [0.717, 1.165) is 22.7 Å². The molecule has 1 aliphatic rings. The van der Waals surface area contributed by atoms with Crippen molar-refractivity contribution in [3.8, 4) is 0 Å². The number of nitrogens with one attached hydrogen (secondary N) is 1. The fourth-order valence-electron chi connectivity index (χ4n) is 2.65. The molecule has 1 saturated heterocycles. The van der Waals surface area contributed by atoms with E-state index in [9.17, 15) is 4.79 Å². The van der Waals surface area contributed by atoms with Gasteiger partial charge in [-0.1, -0.05) is 23.2 Å². The topological polar surface area (TPSA) is 41.6 Å². The van der Waals surface area contributed by atoms with E-state index in [4.69, 9.17) is 27.9 Å². The quantitative estimate of drug-likeness (QED) is 0.794. The predicted octanol–water partition coefficient (Wildman–Crippen LogP) is 5.11. The molecule has 1 aromatic heterocycles. The Kier molecular flexibility index (Phi) is 6.22. The van der Waals surface area contributed by atoms with Crippen LogP contribution in [0.2, 0.25) is 8.67 Å². The van der Waals surface area contributed by atoms with E-state index in [1.54, 1.807) is 4.90 Å². The minimum atomic E-state index is -0.449. The Labute approximate surface area is 152 Å². The molecule has 1 aliphatic heterocycles. The highest BCUT2D eigenvalue weighted by atomic mass is 35.5. The SMILES string of the molecule is CC(NC1CCN(C(=O)OC(C)(C)C)CC1)c1cc(Cl)sc1Cl. The third kappa shape index (κ3) is 5.52. The average molecular weight is 379 g/mol. The lowest BCUT2D eigenvalue weighted by atomic mass is 10.0. The summed E-state index contributed by atoms with van der Waals surface area (Å²) < 4.78 is 6.86. The molecule has 0 aromatic carbocycles. The summed E-state index contributed by atoms with van der Waals surface area (Å²) in [6.07, 6.45) is 1.58. The van der Waals surface area contributed by atoms with Crippen molar-refractivity contribution in [1.29, 1.82) is 0 Å². The van der Waals surface area contributed by atoms with Crippen LogP contribution in [0.4, 0.5) is 4.79 Å². The van der Waals surface area contributed by atoms with Gasteiger partial charge >= 0.3 is 6.09 Å². The molecule has 130 valence electrons. The van der Waals surface area contributed by atoms with Crippen LogP contribution in [0.25, 0.3) is 0 Å². The van der Waals surface area contributed by atoms with E-state index >= 15 is 0 Å². The molecular formula is C16H24Cl2N2O2S. The van der Waals surface area contributed by atoms with Gasteiger partial charge in [0.25, 0.3) is 0 Å². The highest BCUT2D eigenvalue weighted by Gasteiger charge is 2.27. The molecule has 4 nitrogen and oxygen atoms in total. The Morgan fingerprint density at radius 3 is 2.48 bits per heavy atom. The van der Waals surface area contributed by atoms with Gasteiger partial charge in [0.2, 0.25) is 0 Å². The molecule has 0 saturated carbocycles. The average Bonchev–Trinajstić information content (AvgIpc) is 2.76. The van der Waals surface area contributed by atoms with Crippen molar-refractivity contribution in [3.05, 3.63) is 20.3 Å². The maximum Gasteiger partial charge on any atom is 0.410 e. The molecule has 1 unspecified atom stereocenters. The smallest absolute Gasteiger partial charge is 0.410 e. The first-order valence-corrected chi connectivity index (χ1v) is 9.41. The van der Waals surface area contributed by atoms with Crippen molar-refractivity contribution < 1.29 is 9.53 Å². The molecule has 0 spiro atoms.